The number of amides is 1. The number of likely N-dealkylation sites (tertiary alicyclic amines) is 1. The van der Waals surface area contributed by atoms with Crippen molar-refractivity contribution in [1.29, 1.82) is 0 Å². The minimum absolute atomic E-state index is 0.210. The van der Waals surface area contributed by atoms with Crippen LogP contribution in [0.4, 0.5) is 0 Å². The number of carbonyl (C=O) groups is 1. The Labute approximate surface area is 105 Å². The maximum absolute atomic E-state index is 11.7. The van der Waals surface area contributed by atoms with E-state index in [9.17, 15) is 4.79 Å². The first-order valence-electron chi connectivity index (χ1n) is 6.74. The molecule has 0 bridgehead atoms. The maximum Gasteiger partial charge on any atom is 0.236 e. The Hall–Kier alpha value is -0.610. The summed E-state index contributed by atoms with van der Waals surface area (Å²) in [7, 11) is 3.65. The van der Waals surface area contributed by atoms with E-state index in [-0.39, 0.29) is 5.91 Å². The molecule has 0 spiro atoms. The number of hydrogen-bond donors (Lipinski definition) is 1. The molecule has 1 aliphatic heterocycles. The van der Waals surface area contributed by atoms with E-state index in [4.69, 9.17) is 0 Å². The zero-order valence-corrected chi connectivity index (χ0v) is 11.7. The number of rotatable bonds is 5. The molecule has 0 saturated carbocycles. The van der Waals surface area contributed by atoms with Crippen molar-refractivity contribution in [3.63, 3.8) is 0 Å². The highest BCUT2D eigenvalue weighted by atomic mass is 16.2. The van der Waals surface area contributed by atoms with Crippen molar-refractivity contribution >= 4 is 5.91 Å². The highest BCUT2D eigenvalue weighted by molar-refractivity contribution is 5.77. The average molecular weight is 241 g/mol. The van der Waals surface area contributed by atoms with Crippen LogP contribution in [-0.4, -0.2) is 62.0 Å². The minimum Gasteiger partial charge on any atom is -0.348 e. The summed E-state index contributed by atoms with van der Waals surface area (Å²) in [6.07, 6.45) is 2.34. The largest absolute Gasteiger partial charge is 0.348 e. The van der Waals surface area contributed by atoms with E-state index in [1.54, 1.807) is 4.90 Å². The van der Waals surface area contributed by atoms with Crippen molar-refractivity contribution in [2.75, 3.05) is 40.3 Å². The second kappa shape index (κ2) is 6.97. The molecule has 0 aromatic rings. The SMILES string of the molecule is CCNC1CCN(CC(=O)N(C)C)CC1CC. The summed E-state index contributed by atoms with van der Waals surface area (Å²) in [5.74, 6) is 0.889. The van der Waals surface area contributed by atoms with Crippen LogP contribution >= 0.6 is 0 Å². The lowest BCUT2D eigenvalue weighted by molar-refractivity contribution is -0.130. The van der Waals surface area contributed by atoms with Crippen molar-refractivity contribution in [2.45, 2.75) is 32.7 Å². The zero-order valence-electron chi connectivity index (χ0n) is 11.7. The fourth-order valence-electron chi connectivity index (χ4n) is 2.53. The summed E-state index contributed by atoms with van der Waals surface area (Å²) in [4.78, 5) is 15.7. The van der Waals surface area contributed by atoms with Gasteiger partial charge in [-0.25, -0.2) is 0 Å². The van der Waals surface area contributed by atoms with Crippen LogP contribution in [0.1, 0.15) is 26.7 Å². The molecular formula is C13H27N3O. The second-order valence-corrected chi connectivity index (χ2v) is 5.14. The maximum atomic E-state index is 11.7. The second-order valence-electron chi connectivity index (χ2n) is 5.14. The van der Waals surface area contributed by atoms with Gasteiger partial charge in [-0.2, -0.15) is 0 Å². The average Bonchev–Trinajstić information content (AvgIpc) is 2.31. The summed E-state index contributed by atoms with van der Waals surface area (Å²) >= 11 is 0. The molecule has 4 heteroatoms. The summed E-state index contributed by atoms with van der Waals surface area (Å²) in [6, 6.07) is 0.635. The predicted molar refractivity (Wildman–Crippen MR) is 71.0 cm³/mol. The minimum atomic E-state index is 0.210. The molecule has 4 nitrogen and oxygen atoms in total. The van der Waals surface area contributed by atoms with Gasteiger partial charge in [-0.15, -0.1) is 0 Å². The number of hydrogen-bond acceptors (Lipinski definition) is 3. The van der Waals surface area contributed by atoms with Gasteiger partial charge in [-0.3, -0.25) is 9.69 Å². The first-order chi connectivity index (χ1) is 8.08. The molecule has 1 saturated heterocycles. The smallest absolute Gasteiger partial charge is 0.236 e. The van der Waals surface area contributed by atoms with Gasteiger partial charge in [0.2, 0.25) is 5.91 Å². The van der Waals surface area contributed by atoms with Crippen molar-refractivity contribution in [3.05, 3.63) is 0 Å². The molecule has 1 N–H and O–H groups in total. The summed E-state index contributed by atoms with van der Waals surface area (Å²) in [5.41, 5.74) is 0. The molecular weight excluding hydrogens is 214 g/mol. The number of piperidine rings is 1. The quantitative estimate of drug-likeness (QED) is 0.773. The van der Waals surface area contributed by atoms with Crippen LogP contribution in [0.25, 0.3) is 0 Å². The molecule has 1 amide bonds. The topological polar surface area (TPSA) is 35.6 Å². The van der Waals surface area contributed by atoms with Crippen LogP contribution in [0, 0.1) is 5.92 Å². The van der Waals surface area contributed by atoms with E-state index in [0.717, 1.165) is 26.1 Å². The molecule has 1 fully saturated rings. The van der Waals surface area contributed by atoms with Gasteiger partial charge in [0.1, 0.15) is 0 Å². The Balaban J connectivity index is 2.44. The third-order valence-corrected chi connectivity index (χ3v) is 3.67. The van der Waals surface area contributed by atoms with Crippen LogP contribution < -0.4 is 5.32 Å². The van der Waals surface area contributed by atoms with Gasteiger partial charge >= 0.3 is 0 Å². The first-order valence-corrected chi connectivity index (χ1v) is 6.74. The molecule has 0 aromatic carbocycles. The monoisotopic (exact) mass is 241 g/mol. The lowest BCUT2D eigenvalue weighted by Crippen LogP contribution is -2.51. The number of nitrogens with one attached hydrogen (secondary N) is 1. The molecule has 2 atom stereocenters. The molecule has 0 radical (unpaired) electrons. The molecule has 0 aromatic heterocycles. The Morgan fingerprint density at radius 1 is 1.41 bits per heavy atom. The van der Waals surface area contributed by atoms with Gasteiger partial charge in [0.05, 0.1) is 6.54 Å². The van der Waals surface area contributed by atoms with Gasteiger partial charge in [0, 0.05) is 33.2 Å². The number of likely N-dealkylation sites (N-methyl/N-ethyl adjacent to an activating group) is 1. The van der Waals surface area contributed by atoms with Gasteiger partial charge < -0.3 is 10.2 Å². The lowest BCUT2D eigenvalue weighted by Gasteiger charge is -2.38. The Morgan fingerprint density at radius 2 is 2.12 bits per heavy atom. The molecule has 1 aliphatic rings. The van der Waals surface area contributed by atoms with Crippen molar-refractivity contribution in [2.24, 2.45) is 5.92 Å². The van der Waals surface area contributed by atoms with E-state index in [0.29, 0.717) is 18.5 Å². The molecule has 17 heavy (non-hydrogen) atoms. The normalized spacial score (nSPS) is 25.9. The zero-order chi connectivity index (χ0) is 12.8. The van der Waals surface area contributed by atoms with E-state index in [1.165, 1.54) is 6.42 Å². The third kappa shape index (κ3) is 4.28. The fraction of sp³-hybridized carbons (Fsp3) is 0.923. The molecule has 0 aliphatic carbocycles. The number of nitrogens with zero attached hydrogens (tertiary/aromatic N) is 2. The standard InChI is InChI=1S/C13H27N3O/c1-5-11-9-16(10-13(17)15(3)4)8-7-12(11)14-6-2/h11-12,14H,5-10H2,1-4H3. The third-order valence-electron chi connectivity index (χ3n) is 3.67. The summed E-state index contributed by atoms with van der Waals surface area (Å²) < 4.78 is 0. The Morgan fingerprint density at radius 3 is 2.65 bits per heavy atom. The molecule has 1 heterocycles. The van der Waals surface area contributed by atoms with Gasteiger partial charge in [0.25, 0.3) is 0 Å². The van der Waals surface area contributed by atoms with Crippen molar-refractivity contribution in [3.8, 4) is 0 Å². The predicted octanol–water partition coefficient (Wildman–Crippen LogP) is 0.785. The van der Waals surface area contributed by atoms with Crippen molar-refractivity contribution < 1.29 is 4.79 Å². The first kappa shape index (κ1) is 14.5. The van der Waals surface area contributed by atoms with E-state index >= 15 is 0 Å². The molecule has 2 unspecified atom stereocenters. The van der Waals surface area contributed by atoms with Gasteiger partial charge in [-0.05, 0) is 18.9 Å². The Kier molecular flexibility index (Phi) is 5.92. The highest BCUT2D eigenvalue weighted by Crippen LogP contribution is 2.20. The van der Waals surface area contributed by atoms with Crippen LogP contribution in [0.15, 0.2) is 0 Å². The van der Waals surface area contributed by atoms with Crippen LogP contribution in [0.2, 0.25) is 0 Å². The fourth-order valence-corrected chi connectivity index (χ4v) is 2.53. The van der Waals surface area contributed by atoms with Gasteiger partial charge in [0.15, 0.2) is 0 Å². The van der Waals surface area contributed by atoms with Crippen molar-refractivity contribution in [1.82, 2.24) is 15.1 Å². The van der Waals surface area contributed by atoms with Gasteiger partial charge in [-0.1, -0.05) is 20.3 Å². The molecule has 100 valence electrons. The lowest BCUT2D eigenvalue weighted by atomic mass is 9.90. The summed E-state index contributed by atoms with van der Waals surface area (Å²) in [6.45, 7) is 8.10. The van der Waals surface area contributed by atoms with Crippen LogP contribution in [0.5, 0.6) is 0 Å². The highest BCUT2D eigenvalue weighted by Gasteiger charge is 2.28. The van der Waals surface area contributed by atoms with Crippen LogP contribution in [-0.2, 0) is 4.79 Å². The van der Waals surface area contributed by atoms with E-state index in [1.807, 2.05) is 14.1 Å². The van der Waals surface area contributed by atoms with E-state index < -0.39 is 0 Å². The number of carbonyl (C=O) groups excluding carboxylic acids is 1. The Bertz CT molecular complexity index is 243. The van der Waals surface area contributed by atoms with Crippen LogP contribution in [0.3, 0.4) is 0 Å². The summed E-state index contributed by atoms with van der Waals surface area (Å²) in [5, 5.41) is 3.56. The molecule has 1 rings (SSSR count). The van der Waals surface area contributed by atoms with E-state index in [2.05, 4.69) is 24.1 Å².